The minimum atomic E-state index is -3.69. The van der Waals surface area contributed by atoms with Gasteiger partial charge in [-0.3, -0.25) is 0 Å². The van der Waals surface area contributed by atoms with E-state index in [9.17, 15) is 16.8 Å². The molecule has 3 heterocycles. The molecule has 0 saturated carbocycles. The molecule has 33 heavy (non-hydrogen) atoms. The molecular weight excluding hydrogens is 464 g/mol. The van der Waals surface area contributed by atoms with Gasteiger partial charge in [0.1, 0.15) is 0 Å². The van der Waals surface area contributed by atoms with Crippen molar-refractivity contribution in [3.63, 3.8) is 0 Å². The normalized spacial score (nSPS) is 16.5. The van der Waals surface area contributed by atoms with E-state index in [0.717, 1.165) is 24.7 Å². The maximum atomic E-state index is 13.3. The lowest BCUT2D eigenvalue weighted by Crippen LogP contribution is -2.29. The highest BCUT2D eigenvalue weighted by molar-refractivity contribution is 7.90. The number of sulfonamides is 1. The van der Waals surface area contributed by atoms with Crippen LogP contribution in [0.25, 0.3) is 5.65 Å². The number of benzene rings is 1. The zero-order chi connectivity index (χ0) is 24.0. The Hall–Kier alpha value is -2.57. The quantitative estimate of drug-likeness (QED) is 0.533. The van der Waals surface area contributed by atoms with Gasteiger partial charge in [0.2, 0.25) is 25.8 Å². The van der Waals surface area contributed by atoms with Crippen molar-refractivity contribution in [1.29, 1.82) is 0 Å². The first-order valence-corrected chi connectivity index (χ1v) is 14.1. The Morgan fingerprint density at radius 3 is 2.27 bits per heavy atom. The van der Waals surface area contributed by atoms with E-state index in [1.807, 2.05) is 13.8 Å². The average Bonchev–Trinajstić information content (AvgIpc) is 3.43. The molecule has 1 aromatic carbocycles. The Morgan fingerprint density at radius 1 is 0.970 bits per heavy atom. The molecule has 2 aromatic heterocycles. The van der Waals surface area contributed by atoms with Crippen molar-refractivity contribution in [3.05, 3.63) is 41.6 Å². The SMILES string of the molecule is CC(C)c1cnn2c(NC(C)c3ccccc3S(=O)(=O)N3CCCC3)nc(S(C)(=O)=O)nc12. The summed E-state index contributed by atoms with van der Waals surface area (Å²) in [6, 6.07) is 6.32. The van der Waals surface area contributed by atoms with Crippen LogP contribution in [0.5, 0.6) is 0 Å². The van der Waals surface area contributed by atoms with E-state index in [-0.39, 0.29) is 21.9 Å². The van der Waals surface area contributed by atoms with E-state index in [4.69, 9.17) is 0 Å². The van der Waals surface area contributed by atoms with Crippen LogP contribution >= 0.6 is 0 Å². The lowest BCUT2D eigenvalue weighted by atomic mass is 10.1. The molecule has 0 bridgehead atoms. The number of rotatable bonds is 7. The molecule has 1 saturated heterocycles. The summed E-state index contributed by atoms with van der Waals surface area (Å²) in [5, 5.41) is 7.21. The van der Waals surface area contributed by atoms with Crippen molar-refractivity contribution in [2.24, 2.45) is 0 Å². The van der Waals surface area contributed by atoms with Gasteiger partial charge in [-0.15, -0.1) is 0 Å². The fourth-order valence-electron chi connectivity index (χ4n) is 3.95. The highest BCUT2D eigenvalue weighted by Gasteiger charge is 2.30. The molecule has 1 N–H and O–H groups in total. The van der Waals surface area contributed by atoms with Crippen LogP contribution in [0.4, 0.5) is 5.95 Å². The summed E-state index contributed by atoms with van der Waals surface area (Å²) in [5.74, 6) is 0.245. The zero-order valence-corrected chi connectivity index (χ0v) is 20.7. The molecule has 1 aliphatic heterocycles. The monoisotopic (exact) mass is 492 g/mol. The van der Waals surface area contributed by atoms with Gasteiger partial charge in [-0.1, -0.05) is 32.0 Å². The summed E-state index contributed by atoms with van der Waals surface area (Å²) in [7, 11) is -7.33. The van der Waals surface area contributed by atoms with E-state index in [0.29, 0.717) is 24.3 Å². The number of hydrogen-bond donors (Lipinski definition) is 1. The van der Waals surface area contributed by atoms with Crippen molar-refractivity contribution in [2.75, 3.05) is 24.7 Å². The fraction of sp³-hybridized carbons (Fsp3) is 0.476. The fourth-order valence-corrected chi connectivity index (χ4v) is 6.27. The molecule has 4 rings (SSSR count). The van der Waals surface area contributed by atoms with Crippen LogP contribution in [-0.2, 0) is 19.9 Å². The van der Waals surface area contributed by atoms with Gasteiger partial charge in [0, 0.05) is 24.9 Å². The third kappa shape index (κ3) is 4.46. The molecule has 1 atom stereocenters. The van der Waals surface area contributed by atoms with E-state index >= 15 is 0 Å². The van der Waals surface area contributed by atoms with Gasteiger partial charge in [-0.05, 0) is 37.3 Å². The molecule has 0 aliphatic carbocycles. The summed E-state index contributed by atoms with van der Waals surface area (Å²) in [5.41, 5.74) is 1.75. The maximum absolute atomic E-state index is 13.3. The van der Waals surface area contributed by atoms with Crippen LogP contribution in [-0.4, -0.2) is 60.1 Å². The first-order valence-electron chi connectivity index (χ1n) is 10.8. The molecule has 1 unspecified atom stereocenters. The molecule has 178 valence electrons. The van der Waals surface area contributed by atoms with E-state index < -0.39 is 25.9 Å². The van der Waals surface area contributed by atoms with Crippen LogP contribution in [0.2, 0.25) is 0 Å². The number of hydrogen-bond acceptors (Lipinski definition) is 8. The third-order valence-corrected chi connectivity index (χ3v) is 8.56. The summed E-state index contributed by atoms with van der Waals surface area (Å²) < 4.78 is 54.0. The summed E-state index contributed by atoms with van der Waals surface area (Å²) in [4.78, 5) is 8.67. The second-order valence-corrected chi connectivity index (χ2v) is 12.4. The number of fused-ring (bicyclic) bond motifs is 1. The Labute approximate surface area is 194 Å². The minimum absolute atomic E-state index is 0.0708. The van der Waals surface area contributed by atoms with Gasteiger partial charge >= 0.3 is 0 Å². The van der Waals surface area contributed by atoms with Crippen molar-refractivity contribution in [1.82, 2.24) is 23.9 Å². The highest BCUT2D eigenvalue weighted by atomic mass is 32.2. The first kappa shape index (κ1) is 23.6. The Kier molecular flexibility index (Phi) is 6.18. The molecular formula is C21H28N6O4S2. The summed E-state index contributed by atoms with van der Waals surface area (Å²) >= 11 is 0. The van der Waals surface area contributed by atoms with E-state index in [2.05, 4.69) is 20.4 Å². The highest BCUT2D eigenvalue weighted by Crippen LogP contribution is 2.30. The topological polar surface area (TPSA) is 127 Å². The molecule has 12 heteroatoms. The van der Waals surface area contributed by atoms with Crippen LogP contribution < -0.4 is 5.32 Å². The number of nitrogens with zero attached hydrogens (tertiary/aromatic N) is 5. The predicted octanol–water partition coefficient (Wildman–Crippen LogP) is 2.61. The standard InChI is InChI=1S/C21H28N6O4S2/c1-14(2)17-13-22-27-19(17)24-21(32(4,28)29)25-20(27)23-15(3)16-9-5-6-10-18(16)33(30,31)26-11-7-8-12-26/h5-6,9-10,13-15H,7-8,11-12H2,1-4H3,(H,23,24,25). The predicted molar refractivity (Wildman–Crippen MR) is 124 cm³/mol. The Balaban J connectivity index is 1.79. The van der Waals surface area contributed by atoms with Crippen LogP contribution in [0.3, 0.4) is 0 Å². The molecule has 0 amide bonds. The first-order chi connectivity index (χ1) is 15.5. The smallest absolute Gasteiger partial charge is 0.252 e. The molecule has 10 nitrogen and oxygen atoms in total. The molecule has 1 fully saturated rings. The minimum Gasteiger partial charge on any atom is -0.347 e. The van der Waals surface area contributed by atoms with Gasteiger partial charge in [0.05, 0.1) is 17.1 Å². The largest absolute Gasteiger partial charge is 0.347 e. The Bertz CT molecular complexity index is 1390. The van der Waals surface area contributed by atoms with Gasteiger partial charge < -0.3 is 5.32 Å². The molecule has 3 aromatic rings. The van der Waals surface area contributed by atoms with Crippen LogP contribution in [0, 0.1) is 0 Å². The number of nitrogens with one attached hydrogen (secondary N) is 1. The van der Waals surface area contributed by atoms with Crippen LogP contribution in [0.15, 0.2) is 40.5 Å². The molecule has 1 aliphatic rings. The van der Waals surface area contributed by atoms with Crippen LogP contribution in [0.1, 0.15) is 56.7 Å². The van der Waals surface area contributed by atoms with Gasteiger partial charge in [-0.2, -0.15) is 23.9 Å². The molecule has 0 radical (unpaired) electrons. The Morgan fingerprint density at radius 2 is 1.64 bits per heavy atom. The van der Waals surface area contributed by atoms with Crippen molar-refractivity contribution < 1.29 is 16.8 Å². The number of aromatic nitrogens is 4. The zero-order valence-electron chi connectivity index (χ0n) is 19.1. The lowest BCUT2D eigenvalue weighted by molar-refractivity contribution is 0.476. The number of sulfone groups is 1. The van der Waals surface area contributed by atoms with Crippen molar-refractivity contribution >= 4 is 31.5 Å². The summed E-state index contributed by atoms with van der Waals surface area (Å²) in [6.07, 6.45) is 4.39. The summed E-state index contributed by atoms with van der Waals surface area (Å²) in [6.45, 7) is 6.75. The molecule has 0 spiro atoms. The second kappa shape index (κ2) is 8.65. The van der Waals surface area contributed by atoms with E-state index in [1.54, 1.807) is 37.4 Å². The number of anilines is 1. The van der Waals surface area contributed by atoms with Gasteiger partial charge in [0.25, 0.3) is 5.16 Å². The maximum Gasteiger partial charge on any atom is 0.252 e. The third-order valence-electron chi connectivity index (χ3n) is 5.74. The van der Waals surface area contributed by atoms with Crippen molar-refractivity contribution in [3.8, 4) is 0 Å². The van der Waals surface area contributed by atoms with Crippen molar-refractivity contribution in [2.45, 2.75) is 55.6 Å². The second-order valence-electron chi connectivity index (χ2n) is 8.61. The van der Waals surface area contributed by atoms with Gasteiger partial charge in [0.15, 0.2) is 5.65 Å². The average molecular weight is 493 g/mol. The lowest BCUT2D eigenvalue weighted by Gasteiger charge is -2.22. The van der Waals surface area contributed by atoms with Gasteiger partial charge in [-0.25, -0.2) is 16.8 Å². The van der Waals surface area contributed by atoms with E-state index in [1.165, 1.54) is 8.82 Å².